The zero-order valence-electron chi connectivity index (χ0n) is 13.7. The van der Waals surface area contributed by atoms with Crippen LogP contribution in [-0.4, -0.2) is 0 Å². The Balaban J connectivity index is 2.50. The summed E-state index contributed by atoms with van der Waals surface area (Å²) in [5.74, 6) is 1.10. The number of hydrogen-bond donors (Lipinski definition) is 0. The molecule has 2 aromatic carbocycles. The van der Waals surface area contributed by atoms with E-state index in [4.69, 9.17) is 0 Å². The number of rotatable bonds is 4. The molecule has 0 fully saturated rings. The van der Waals surface area contributed by atoms with Crippen LogP contribution < -0.4 is 0 Å². The number of benzene rings is 2. The van der Waals surface area contributed by atoms with Crippen LogP contribution in [0.3, 0.4) is 0 Å². The topological polar surface area (TPSA) is 0 Å². The summed E-state index contributed by atoms with van der Waals surface area (Å²) in [7, 11) is 0. The lowest BCUT2D eigenvalue weighted by molar-refractivity contribution is 0.820. The fraction of sp³-hybridized carbons (Fsp3) is 0.400. The van der Waals surface area contributed by atoms with Gasteiger partial charge in [0.1, 0.15) is 0 Å². The van der Waals surface area contributed by atoms with Crippen LogP contribution in [0.25, 0.3) is 0 Å². The van der Waals surface area contributed by atoms with Crippen LogP contribution in [0.5, 0.6) is 0 Å². The van der Waals surface area contributed by atoms with Crippen molar-refractivity contribution >= 4 is 15.9 Å². The molecule has 0 nitrogen and oxygen atoms in total. The van der Waals surface area contributed by atoms with E-state index in [9.17, 15) is 0 Å². The fourth-order valence-electron chi connectivity index (χ4n) is 2.72. The lowest BCUT2D eigenvalue weighted by Gasteiger charge is -2.21. The van der Waals surface area contributed by atoms with Crippen molar-refractivity contribution < 1.29 is 0 Å². The van der Waals surface area contributed by atoms with E-state index in [2.05, 4.69) is 93.0 Å². The van der Waals surface area contributed by atoms with E-state index in [0.717, 1.165) is 0 Å². The number of hydrogen-bond acceptors (Lipinski definition) is 0. The Bertz CT molecular complexity index is 611. The summed E-state index contributed by atoms with van der Waals surface area (Å²) in [5.41, 5.74) is 6.96. The minimum absolute atomic E-state index is 0.261. The van der Waals surface area contributed by atoms with Crippen molar-refractivity contribution in [3.05, 3.63) is 70.3 Å². The Labute approximate surface area is 137 Å². The summed E-state index contributed by atoms with van der Waals surface area (Å²) < 4.78 is 0. The molecule has 1 unspecified atom stereocenters. The zero-order valence-corrected chi connectivity index (χ0v) is 15.2. The normalized spacial score (nSPS) is 13.0. The molecule has 112 valence electrons. The molecule has 0 aliphatic rings. The Morgan fingerprint density at radius 2 is 1.43 bits per heavy atom. The van der Waals surface area contributed by atoms with Gasteiger partial charge in [0.05, 0.1) is 4.83 Å². The Kier molecular flexibility index (Phi) is 5.27. The Morgan fingerprint density at radius 3 is 2.00 bits per heavy atom. The van der Waals surface area contributed by atoms with Gasteiger partial charge in [-0.3, -0.25) is 0 Å². The summed E-state index contributed by atoms with van der Waals surface area (Å²) in [6, 6.07) is 15.6. The van der Waals surface area contributed by atoms with Gasteiger partial charge >= 0.3 is 0 Å². The monoisotopic (exact) mass is 344 g/mol. The summed E-state index contributed by atoms with van der Waals surface area (Å²) in [6.45, 7) is 11.3. The van der Waals surface area contributed by atoms with Gasteiger partial charge < -0.3 is 0 Å². The number of alkyl halides is 1. The molecule has 1 heteroatoms. The van der Waals surface area contributed by atoms with Gasteiger partial charge in [0.15, 0.2) is 0 Å². The molecule has 0 aliphatic carbocycles. The highest BCUT2D eigenvalue weighted by Gasteiger charge is 2.18. The molecule has 2 aromatic rings. The fourth-order valence-corrected chi connectivity index (χ4v) is 3.65. The van der Waals surface area contributed by atoms with Gasteiger partial charge in [-0.2, -0.15) is 0 Å². The maximum Gasteiger partial charge on any atom is 0.0649 e. The molecule has 0 spiro atoms. The van der Waals surface area contributed by atoms with E-state index >= 15 is 0 Å². The van der Waals surface area contributed by atoms with Crippen LogP contribution in [0.2, 0.25) is 0 Å². The summed E-state index contributed by atoms with van der Waals surface area (Å²) in [4.78, 5) is 0.261. The summed E-state index contributed by atoms with van der Waals surface area (Å²) in [6.07, 6.45) is 0. The largest absolute Gasteiger partial charge is 0.0786 e. The van der Waals surface area contributed by atoms with Gasteiger partial charge in [0.2, 0.25) is 0 Å². The number of aryl methyl sites for hydroxylation is 1. The quantitative estimate of drug-likeness (QED) is 0.539. The average molecular weight is 345 g/mol. The first-order valence-corrected chi connectivity index (χ1v) is 8.66. The SMILES string of the molecule is Cc1ccccc1C(Br)c1ccc(C(C)C)cc1C(C)C. The van der Waals surface area contributed by atoms with Gasteiger partial charge in [0, 0.05) is 0 Å². The van der Waals surface area contributed by atoms with Crippen molar-refractivity contribution in [3.63, 3.8) is 0 Å². The van der Waals surface area contributed by atoms with Crippen LogP contribution in [0, 0.1) is 6.92 Å². The molecule has 0 amide bonds. The van der Waals surface area contributed by atoms with Crippen molar-refractivity contribution in [3.8, 4) is 0 Å². The average Bonchev–Trinajstić information content (AvgIpc) is 2.46. The second-order valence-electron chi connectivity index (χ2n) is 6.42. The van der Waals surface area contributed by atoms with Crippen LogP contribution in [0.4, 0.5) is 0 Å². The van der Waals surface area contributed by atoms with E-state index in [1.807, 2.05) is 0 Å². The molecule has 0 saturated heterocycles. The second kappa shape index (κ2) is 6.79. The van der Waals surface area contributed by atoms with Gasteiger partial charge in [-0.1, -0.05) is 86.1 Å². The van der Waals surface area contributed by atoms with Crippen molar-refractivity contribution in [1.82, 2.24) is 0 Å². The highest BCUT2D eigenvalue weighted by molar-refractivity contribution is 9.09. The smallest absolute Gasteiger partial charge is 0.0649 e. The van der Waals surface area contributed by atoms with E-state index in [1.165, 1.54) is 27.8 Å². The third-order valence-corrected chi connectivity index (χ3v) is 5.12. The van der Waals surface area contributed by atoms with Gasteiger partial charge in [0.25, 0.3) is 0 Å². The summed E-state index contributed by atoms with van der Waals surface area (Å²) in [5, 5.41) is 0. The Morgan fingerprint density at radius 1 is 0.762 bits per heavy atom. The minimum atomic E-state index is 0.261. The molecule has 0 saturated carbocycles. The highest BCUT2D eigenvalue weighted by Crippen LogP contribution is 2.38. The van der Waals surface area contributed by atoms with Crippen molar-refractivity contribution in [2.24, 2.45) is 0 Å². The van der Waals surface area contributed by atoms with Crippen LogP contribution in [0.1, 0.15) is 72.2 Å². The summed E-state index contributed by atoms with van der Waals surface area (Å²) >= 11 is 3.93. The molecular weight excluding hydrogens is 320 g/mol. The van der Waals surface area contributed by atoms with Crippen molar-refractivity contribution in [1.29, 1.82) is 0 Å². The first-order chi connectivity index (χ1) is 9.91. The second-order valence-corrected chi connectivity index (χ2v) is 7.33. The van der Waals surface area contributed by atoms with Crippen molar-refractivity contribution in [2.45, 2.75) is 51.3 Å². The van der Waals surface area contributed by atoms with Crippen LogP contribution >= 0.6 is 15.9 Å². The standard InChI is InChI=1S/C20H25Br/c1-13(2)16-10-11-18(19(12-16)14(3)4)20(21)17-9-7-6-8-15(17)5/h6-14,20H,1-5H3. The molecule has 1 atom stereocenters. The third kappa shape index (κ3) is 3.58. The predicted molar refractivity (Wildman–Crippen MR) is 96.6 cm³/mol. The lowest BCUT2D eigenvalue weighted by Crippen LogP contribution is -2.03. The molecule has 0 heterocycles. The highest BCUT2D eigenvalue weighted by atomic mass is 79.9. The lowest BCUT2D eigenvalue weighted by atomic mass is 9.88. The molecule has 0 bridgehead atoms. The number of halogens is 1. The third-order valence-electron chi connectivity index (χ3n) is 4.13. The van der Waals surface area contributed by atoms with E-state index in [0.29, 0.717) is 11.8 Å². The van der Waals surface area contributed by atoms with E-state index in [-0.39, 0.29) is 4.83 Å². The molecule has 0 aromatic heterocycles. The maximum atomic E-state index is 3.93. The molecule has 0 radical (unpaired) electrons. The van der Waals surface area contributed by atoms with E-state index in [1.54, 1.807) is 0 Å². The zero-order chi connectivity index (χ0) is 15.6. The van der Waals surface area contributed by atoms with Crippen molar-refractivity contribution in [2.75, 3.05) is 0 Å². The van der Waals surface area contributed by atoms with Gasteiger partial charge in [-0.05, 0) is 46.6 Å². The predicted octanol–water partition coefficient (Wildman–Crippen LogP) is 6.73. The maximum absolute atomic E-state index is 3.93. The van der Waals surface area contributed by atoms with Gasteiger partial charge in [-0.25, -0.2) is 0 Å². The Hall–Kier alpha value is -1.08. The van der Waals surface area contributed by atoms with Crippen LogP contribution in [-0.2, 0) is 0 Å². The first kappa shape index (κ1) is 16.3. The molecule has 0 aliphatic heterocycles. The molecule has 21 heavy (non-hydrogen) atoms. The molecule has 2 rings (SSSR count). The molecular formula is C20H25Br. The molecule has 0 N–H and O–H groups in total. The first-order valence-electron chi connectivity index (χ1n) is 7.75. The van der Waals surface area contributed by atoms with E-state index < -0.39 is 0 Å². The minimum Gasteiger partial charge on any atom is -0.0786 e. The van der Waals surface area contributed by atoms with Gasteiger partial charge in [-0.15, -0.1) is 0 Å². The van der Waals surface area contributed by atoms with Crippen LogP contribution in [0.15, 0.2) is 42.5 Å².